The number of nitrogens with two attached hydrogens (primary N) is 1. The van der Waals surface area contributed by atoms with Gasteiger partial charge in [-0.05, 0) is 44.4 Å². The van der Waals surface area contributed by atoms with Crippen molar-refractivity contribution in [3.05, 3.63) is 50.6 Å². The Morgan fingerprint density at radius 2 is 2.07 bits per heavy atom. The number of carbonyl (C=O) groups excluding carboxylic acids is 2. The quantitative estimate of drug-likeness (QED) is 0.555. The summed E-state index contributed by atoms with van der Waals surface area (Å²) in [6.07, 6.45) is 4.48. The summed E-state index contributed by atoms with van der Waals surface area (Å²) >= 11 is 0. The van der Waals surface area contributed by atoms with Gasteiger partial charge in [-0.15, -0.1) is 0 Å². The summed E-state index contributed by atoms with van der Waals surface area (Å²) in [7, 11) is 0. The maximum Gasteiger partial charge on any atom is 0.330 e. The topological polar surface area (TPSA) is 143 Å². The van der Waals surface area contributed by atoms with Crippen LogP contribution in [0.4, 0.5) is 5.82 Å². The first-order chi connectivity index (χ1) is 14.0. The van der Waals surface area contributed by atoms with Gasteiger partial charge in [-0.25, -0.2) is 4.79 Å². The van der Waals surface area contributed by atoms with Gasteiger partial charge < -0.3 is 15.5 Å². The van der Waals surface area contributed by atoms with Gasteiger partial charge in [0.15, 0.2) is 5.78 Å². The minimum Gasteiger partial charge on any atom is -0.467 e. The lowest BCUT2D eigenvalue weighted by Gasteiger charge is -2.23. The molecule has 10 nitrogen and oxygen atoms in total. The number of hydrogen-bond donors (Lipinski definition) is 3. The zero-order valence-electron chi connectivity index (χ0n) is 15.8. The van der Waals surface area contributed by atoms with E-state index in [0.717, 1.165) is 19.3 Å². The van der Waals surface area contributed by atoms with Crippen LogP contribution in [-0.4, -0.2) is 45.3 Å². The molecular formula is C19H23N5O5. The Balaban J connectivity index is 1.47. The van der Waals surface area contributed by atoms with Gasteiger partial charge >= 0.3 is 5.69 Å². The van der Waals surface area contributed by atoms with Crippen LogP contribution in [-0.2, 0) is 11.3 Å². The van der Waals surface area contributed by atoms with Crippen molar-refractivity contribution in [2.45, 2.75) is 44.3 Å². The third-order valence-electron chi connectivity index (χ3n) is 5.40. The van der Waals surface area contributed by atoms with Gasteiger partial charge in [-0.2, -0.15) is 0 Å². The Hall–Kier alpha value is -3.14. The SMILES string of the molecule is Nc1c(C(=O)CN2CCC[C@@H]2C(=O)NCc2ccco2)c(=O)[nH]c(=O)n1C1CC1. The number of ketones is 1. The van der Waals surface area contributed by atoms with Gasteiger partial charge in [0.1, 0.15) is 17.1 Å². The van der Waals surface area contributed by atoms with E-state index in [2.05, 4.69) is 10.3 Å². The molecule has 0 aromatic carbocycles. The number of rotatable bonds is 7. The van der Waals surface area contributed by atoms with Crippen LogP contribution in [0.15, 0.2) is 32.4 Å². The number of Topliss-reactive ketones (excluding diaryl/α,β-unsaturated/α-hetero) is 1. The Morgan fingerprint density at radius 1 is 1.28 bits per heavy atom. The van der Waals surface area contributed by atoms with Gasteiger partial charge in [-0.3, -0.25) is 28.8 Å². The molecule has 1 saturated carbocycles. The predicted octanol–water partition coefficient (Wildman–Crippen LogP) is 0.0102. The van der Waals surface area contributed by atoms with Gasteiger partial charge in [0, 0.05) is 6.04 Å². The molecule has 1 amide bonds. The number of nitrogen functional groups attached to an aromatic ring is 1. The number of anilines is 1. The fourth-order valence-electron chi connectivity index (χ4n) is 3.81. The molecule has 2 aliphatic rings. The number of aromatic amines is 1. The maximum absolute atomic E-state index is 12.9. The summed E-state index contributed by atoms with van der Waals surface area (Å²) in [5.41, 5.74) is 4.42. The minimum absolute atomic E-state index is 0.0715. The average molecular weight is 401 g/mol. The number of nitrogens with one attached hydrogen (secondary N) is 2. The van der Waals surface area contributed by atoms with Crippen molar-refractivity contribution in [3.63, 3.8) is 0 Å². The Kier molecular flexibility index (Phi) is 5.10. The molecule has 2 aromatic rings. The van der Waals surface area contributed by atoms with Crippen LogP contribution >= 0.6 is 0 Å². The second-order valence-electron chi connectivity index (χ2n) is 7.47. The monoisotopic (exact) mass is 401 g/mol. The number of aromatic nitrogens is 2. The first kappa shape index (κ1) is 19.2. The van der Waals surface area contributed by atoms with E-state index in [4.69, 9.17) is 10.2 Å². The second kappa shape index (κ2) is 7.70. The summed E-state index contributed by atoms with van der Waals surface area (Å²) in [6.45, 7) is 0.711. The van der Waals surface area contributed by atoms with Crippen molar-refractivity contribution in [2.24, 2.45) is 0 Å². The lowest BCUT2D eigenvalue weighted by molar-refractivity contribution is -0.125. The molecule has 1 aliphatic carbocycles. The largest absolute Gasteiger partial charge is 0.467 e. The molecule has 0 unspecified atom stereocenters. The van der Waals surface area contributed by atoms with Gasteiger partial charge in [0.2, 0.25) is 5.91 Å². The minimum atomic E-state index is -0.785. The molecule has 0 spiro atoms. The molecule has 3 heterocycles. The summed E-state index contributed by atoms with van der Waals surface area (Å²) < 4.78 is 6.49. The molecule has 0 radical (unpaired) electrons. The highest BCUT2D eigenvalue weighted by Gasteiger charge is 2.34. The zero-order valence-corrected chi connectivity index (χ0v) is 15.8. The van der Waals surface area contributed by atoms with Crippen LogP contribution in [0.25, 0.3) is 0 Å². The van der Waals surface area contributed by atoms with E-state index in [-0.39, 0.29) is 36.4 Å². The van der Waals surface area contributed by atoms with E-state index >= 15 is 0 Å². The van der Waals surface area contributed by atoms with E-state index < -0.39 is 23.1 Å². The van der Waals surface area contributed by atoms with Crippen molar-refractivity contribution in [1.82, 2.24) is 19.8 Å². The van der Waals surface area contributed by atoms with Crippen LogP contribution in [0.1, 0.15) is 47.8 Å². The Labute approximate surface area is 165 Å². The maximum atomic E-state index is 12.9. The number of furan rings is 1. The number of H-pyrrole nitrogens is 1. The van der Waals surface area contributed by atoms with Gasteiger partial charge in [-0.1, -0.05) is 0 Å². The number of nitrogens with zero attached hydrogens (tertiary/aromatic N) is 2. The summed E-state index contributed by atoms with van der Waals surface area (Å²) in [5.74, 6) is -0.148. The molecule has 1 atom stereocenters. The lowest BCUT2D eigenvalue weighted by Crippen LogP contribution is -2.46. The molecule has 4 rings (SSSR count). The standard InChI is InChI=1S/C19H23N5O5/c20-16-15(18(27)22-19(28)24(16)11-5-6-11)14(25)10-23-7-1-4-13(23)17(26)21-9-12-3-2-8-29-12/h2-3,8,11,13H,1,4-7,9-10,20H2,(H,21,26)(H,22,27,28)/t13-/m1/s1. The van der Waals surface area contributed by atoms with Crippen LogP contribution in [0, 0.1) is 0 Å². The Morgan fingerprint density at radius 3 is 2.76 bits per heavy atom. The molecule has 154 valence electrons. The van der Waals surface area contributed by atoms with E-state index in [1.165, 1.54) is 10.8 Å². The molecule has 29 heavy (non-hydrogen) atoms. The number of hydrogen-bond acceptors (Lipinski definition) is 7. The number of carbonyl (C=O) groups is 2. The lowest BCUT2D eigenvalue weighted by atomic mass is 10.1. The van der Waals surface area contributed by atoms with Crippen LogP contribution in [0.2, 0.25) is 0 Å². The third kappa shape index (κ3) is 3.88. The molecule has 0 bridgehead atoms. The third-order valence-corrected chi connectivity index (χ3v) is 5.40. The molecule has 2 aromatic heterocycles. The van der Waals surface area contributed by atoms with Gasteiger partial charge in [0.25, 0.3) is 5.56 Å². The summed E-state index contributed by atoms with van der Waals surface area (Å²) in [4.78, 5) is 53.6. The molecule has 2 fully saturated rings. The van der Waals surface area contributed by atoms with Crippen molar-refractivity contribution in [3.8, 4) is 0 Å². The molecule has 10 heteroatoms. The Bertz CT molecular complexity index is 1030. The van der Waals surface area contributed by atoms with E-state index in [1.807, 2.05) is 0 Å². The number of amides is 1. The highest BCUT2D eigenvalue weighted by molar-refractivity contribution is 6.01. The van der Waals surface area contributed by atoms with Crippen molar-refractivity contribution < 1.29 is 14.0 Å². The van der Waals surface area contributed by atoms with Crippen LogP contribution < -0.4 is 22.3 Å². The van der Waals surface area contributed by atoms with Crippen LogP contribution in [0.3, 0.4) is 0 Å². The number of likely N-dealkylation sites (tertiary alicyclic amines) is 1. The summed E-state index contributed by atoms with van der Waals surface area (Å²) in [6, 6.07) is 2.96. The van der Waals surface area contributed by atoms with Crippen LogP contribution in [0.5, 0.6) is 0 Å². The smallest absolute Gasteiger partial charge is 0.330 e. The predicted molar refractivity (Wildman–Crippen MR) is 103 cm³/mol. The first-order valence-corrected chi connectivity index (χ1v) is 9.67. The average Bonchev–Trinajstić information content (AvgIpc) is 3.16. The van der Waals surface area contributed by atoms with E-state index in [9.17, 15) is 19.2 Å². The molecular weight excluding hydrogens is 378 g/mol. The fraction of sp³-hybridized carbons (Fsp3) is 0.474. The van der Waals surface area contributed by atoms with E-state index in [0.29, 0.717) is 18.7 Å². The normalized spacial score (nSPS) is 19.4. The van der Waals surface area contributed by atoms with Crippen molar-refractivity contribution in [1.29, 1.82) is 0 Å². The van der Waals surface area contributed by atoms with Gasteiger partial charge in [0.05, 0.1) is 25.4 Å². The van der Waals surface area contributed by atoms with Crippen molar-refractivity contribution >= 4 is 17.5 Å². The summed E-state index contributed by atoms with van der Waals surface area (Å²) in [5, 5.41) is 2.81. The van der Waals surface area contributed by atoms with Crippen molar-refractivity contribution in [2.75, 3.05) is 18.8 Å². The first-order valence-electron chi connectivity index (χ1n) is 9.67. The van der Waals surface area contributed by atoms with E-state index in [1.54, 1.807) is 17.0 Å². The molecule has 1 aliphatic heterocycles. The molecule has 4 N–H and O–H groups in total. The fourth-order valence-corrected chi connectivity index (χ4v) is 3.81. The highest BCUT2D eigenvalue weighted by Crippen LogP contribution is 2.35. The highest BCUT2D eigenvalue weighted by atomic mass is 16.3. The zero-order chi connectivity index (χ0) is 20.5. The molecule has 1 saturated heterocycles. The second-order valence-corrected chi connectivity index (χ2v) is 7.47.